The van der Waals surface area contributed by atoms with Crippen molar-refractivity contribution >= 4 is 23.4 Å². The first-order chi connectivity index (χ1) is 12.4. The van der Waals surface area contributed by atoms with Gasteiger partial charge in [-0.3, -0.25) is 14.6 Å². The maximum Gasteiger partial charge on any atom is 0.275 e. The molecule has 0 radical (unpaired) electrons. The van der Waals surface area contributed by atoms with Crippen LogP contribution < -0.4 is 15.4 Å². The largest absolute Gasteiger partial charge is 0.484 e. The van der Waals surface area contributed by atoms with Crippen LogP contribution in [-0.2, 0) is 4.79 Å². The summed E-state index contributed by atoms with van der Waals surface area (Å²) in [6, 6.07) is 6.72. The first kappa shape index (κ1) is 19.4. The number of carbonyl (C=O) groups excluding carboxylic acids is 2. The molecule has 1 heterocycles. The second-order valence-corrected chi connectivity index (χ2v) is 5.88. The summed E-state index contributed by atoms with van der Waals surface area (Å²) in [7, 11) is 0. The van der Waals surface area contributed by atoms with Crippen LogP contribution in [0.25, 0.3) is 0 Å². The van der Waals surface area contributed by atoms with Crippen molar-refractivity contribution < 1.29 is 14.3 Å². The first-order valence-electron chi connectivity index (χ1n) is 7.87. The standard InChI is InChI=1S/C18H19ClN4O3/c1-12(23-18(25)16-10-21-13(2)9-22-16)7-8-20-17(24)11-26-15-5-3-14(19)4-6-15/h3-6,9-10H,1,7-8,11H2,2H3,(H,20,24)(H,23,25). The van der Waals surface area contributed by atoms with Crippen LogP contribution >= 0.6 is 11.6 Å². The van der Waals surface area contributed by atoms with E-state index in [1.54, 1.807) is 31.2 Å². The molecule has 0 saturated carbocycles. The van der Waals surface area contributed by atoms with E-state index in [-0.39, 0.29) is 24.1 Å². The predicted octanol–water partition coefficient (Wildman–Crippen LogP) is 2.27. The summed E-state index contributed by atoms with van der Waals surface area (Å²) in [5, 5.41) is 5.90. The summed E-state index contributed by atoms with van der Waals surface area (Å²) >= 11 is 5.77. The van der Waals surface area contributed by atoms with Crippen molar-refractivity contribution in [3.63, 3.8) is 0 Å². The number of halogens is 1. The molecule has 0 aliphatic rings. The van der Waals surface area contributed by atoms with Crippen molar-refractivity contribution in [2.45, 2.75) is 13.3 Å². The van der Waals surface area contributed by atoms with E-state index in [9.17, 15) is 9.59 Å². The van der Waals surface area contributed by atoms with Crippen molar-refractivity contribution in [1.29, 1.82) is 0 Å². The fourth-order valence-corrected chi connectivity index (χ4v) is 2.01. The molecular formula is C18H19ClN4O3. The van der Waals surface area contributed by atoms with Crippen LogP contribution in [0.3, 0.4) is 0 Å². The quantitative estimate of drug-likeness (QED) is 0.739. The Morgan fingerprint density at radius 1 is 1.19 bits per heavy atom. The number of amides is 2. The number of aryl methyl sites for hydroxylation is 1. The van der Waals surface area contributed by atoms with Gasteiger partial charge >= 0.3 is 0 Å². The van der Waals surface area contributed by atoms with Gasteiger partial charge in [0.1, 0.15) is 11.4 Å². The van der Waals surface area contributed by atoms with Crippen LogP contribution in [0.5, 0.6) is 5.75 Å². The first-order valence-corrected chi connectivity index (χ1v) is 8.24. The molecule has 0 bridgehead atoms. The summed E-state index contributed by atoms with van der Waals surface area (Å²) < 4.78 is 5.33. The zero-order valence-corrected chi connectivity index (χ0v) is 15.0. The minimum Gasteiger partial charge on any atom is -0.484 e. The normalized spacial score (nSPS) is 10.1. The highest BCUT2D eigenvalue weighted by molar-refractivity contribution is 6.30. The fraction of sp³-hybridized carbons (Fsp3) is 0.222. The molecule has 8 heteroatoms. The second kappa shape index (κ2) is 9.53. The molecule has 7 nitrogen and oxygen atoms in total. The molecule has 2 N–H and O–H groups in total. The molecule has 0 aliphatic carbocycles. The lowest BCUT2D eigenvalue weighted by molar-refractivity contribution is -0.123. The molecular weight excluding hydrogens is 356 g/mol. The van der Waals surface area contributed by atoms with Gasteiger partial charge in [-0.25, -0.2) is 4.98 Å². The lowest BCUT2D eigenvalue weighted by Crippen LogP contribution is -2.31. The lowest BCUT2D eigenvalue weighted by atomic mass is 10.3. The average molecular weight is 375 g/mol. The van der Waals surface area contributed by atoms with Crippen LogP contribution in [0.2, 0.25) is 5.02 Å². The number of hydrogen-bond donors (Lipinski definition) is 2. The van der Waals surface area contributed by atoms with Crippen molar-refractivity contribution in [3.05, 3.63) is 65.3 Å². The number of hydrogen-bond acceptors (Lipinski definition) is 5. The Balaban J connectivity index is 1.65. The molecule has 2 amide bonds. The molecule has 0 unspecified atom stereocenters. The van der Waals surface area contributed by atoms with Gasteiger partial charge in [-0.15, -0.1) is 0 Å². The van der Waals surface area contributed by atoms with Crippen LogP contribution in [0.1, 0.15) is 22.6 Å². The van der Waals surface area contributed by atoms with Gasteiger partial charge in [0.25, 0.3) is 11.8 Å². The molecule has 136 valence electrons. The number of benzene rings is 1. The molecule has 2 rings (SSSR count). The van der Waals surface area contributed by atoms with Gasteiger partial charge in [-0.1, -0.05) is 18.2 Å². The van der Waals surface area contributed by atoms with Crippen LogP contribution in [0.4, 0.5) is 0 Å². The average Bonchev–Trinajstić information content (AvgIpc) is 2.61. The van der Waals surface area contributed by atoms with Crippen molar-refractivity contribution in [2.75, 3.05) is 13.2 Å². The highest BCUT2D eigenvalue weighted by atomic mass is 35.5. The summed E-state index contributed by atoms with van der Waals surface area (Å²) in [5.41, 5.74) is 1.40. The van der Waals surface area contributed by atoms with Crippen molar-refractivity contribution in [2.24, 2.45) is 0 Å². The maximum atomic E-state index is 12.0. The Hall–Kier alpha value is -2.93. The number of carbonyl (C=O) groups is 2. The van der Waals surface area contributed by atoms with Gasteiger partial charge in [0.05, 0.1) is 11.9 Å². The van der Waals surface area contributed by atoms with E-state index in [0.717, 1.165) is 5.69 Å². The predicted molar refractivity (Wildman–Crippen MR) is 97.9 cm³/mol. The Labute approximate surface area is 156 Å². The van der Waals surface area contributed by atoms with E-state index in [4.69, 9.17) is 16.3 Å². The molecule has 0 aliphatic heterocycles. The van der Waals surface area contributed by atoms with Crippen molar-refractivity contribution in [3.8, 4) is 5.75 Å². The van der Waals surface area contributed by atoms with Gasteiger partial charge in [-0.05, 0) is 31.2 Å². The van der Waals surface area contributed by atoms with Crippen LogP contribution in [0.15, 0.2) is 48.9 Å². The van der Waals surface area contributed by atoms with E-state index >= 15 is 0 Å². The third-order valence-electron chi connectivity index (χ3n) is 3.24. The zero-order chi connectivity index (χ0) is 18.9. The molecule has 1 aromatic heterocycles. The lowest BCUT2D eigenvalue weighted by Gasteiger charge is -2.10. The Bertz CT molecular complexity index is 776. The maximum absolute atomic E-state index is 12.0. The third-order valence-corrected chi connectivity index (χ3v) is 3.49. The Morgan fingerprint density at radius 3 is 2.58 bits per heavy atom. The molecule has 0 saturated heterocycles. The smallest absolute Gasteiger partial charge is 0.275 e. The van der Waals surface area contributed by atoms with Crippen molar-refractivity contribution in [1.82, 2.24) is 20.6 Å². The fourth-order valence-electron chi connectivity index (χ4n) is 1.88. The summed E-state index contributed by atoms with van der Waals surface area (Å²) in [6.07, 6.45) is 3.30. The summed E-state index contributed by atoms with van der Waals surface area (Å²) in [4.78, 5) is 31.7. The molecule has 0 spiro atoms. The number of rotatable bonds is 8. The minimum atomic E-state index is -0.389. The van der Waals surface area contributed by atoms with Gasteiger partial charge in [0, 0.05) is 29.9 Å². The SMILES string of the molecule is C=C(CCNC(=O)COc1ccc(Cl)cc1)NC(=O)c1cnc(C)cn1. The molecule has 1 aromatic carbocycles. The molecule has 0 atom stereocenters. The Morgan fingerprint density at radius 2 is 1.92 bits per heavy atom. The number of nitrogens with one attached hydrogen (secondary N) is 2. The number of ether oxygens (including phenoxy) is 1. The van der Waals surface area contributed by atoms with Crippen LogP contribution in [0, 0.1) is 6.92 Å². The molecule has 0 fully saturated rings. The van der Waals surface area contributed by atoms with E-state index < -0.39 is 0 Å². The van der Waals surface area contributed by atoms with E-state index in [0.29, 0.717) is 29.4 Å². The van der Waals surface area contributed by atoms with Gasteiger partial charge in [0.15, 0.2) is 6.61 Å². The van der Waals surface area contributed by atoms with Gasteiger partial charge in [-0.2, -0.15) is 0 Å². The zero-order valence-electron chi connectivity index (χ0n) is 14.3. The monoisotopic (exact) mass is 374 g/mol. The van der Waals surface area contributed by atoms with Gasteiger partial charge < -0.3 is 15.4 Å². The van der Waals surface area contributed by atoms with E-state index in [2.05, 4.69) is 27.2 Å². The second-order valence-electron chi connectivity index (χ2n) is 5.44. The van der Waals surface area contributed by atoms with E-state index in [1.165, 1.54) is 12.4 Å². The van der Waals surface area contributed by atoms with Gasteiger partial charge in [0.2, 0.25) is 0 Å². The minimum absolute atomic E-state index is 0.112. The number of nitrogens with zero attached hydrogens (tertiary/aromatic N) is 2. The molecule has 26 heavy (non-hydrogen) atoms. The Kier molecular flexibility index (Phi) is 7.11. The highest BCUT2D eigenvalue weighted by Gasteiger charge is 2.09. The summed E-state index contributed by atoms with van der Waals surface area (Å²) in [6.45, 7) is 5.76. The third kappa shape index (κ3) is 6.52. The topological polar surface area (TPSA) is 93.2 Å². The highest BCUT2D eigenvalue weighted by Crippen LogP contribution is 2.15. The molecule has 2 aromatic rings. The van der Waals surface area contributed by atoms with Crippen LogP contribution in [-0.4, -0.2) is 34.9 Å². The number of aromatic nitrogens is 2. The van der Waals surface area contributed by atoms with E-state index in [1.807, 2.05) is 0 Å². The summed E-state index contributed by atoms with van der Waals surface area (Å²) in [5.74, 6) is -0.108.